The lowest BCUT2D eigenvalue weighted by molar-refractivity contribution is 0.236. The van der Waals surface area contributed by atoms with Gasteiger partial charge in [-0.05, 0) is 12.5 Å². The molecule has 0 amide bonds. The summed E-state index contributed by atoms with van der Waals surface area (Å²) in [5, 5.41) is 9.55. The maximum absolute atomic E-state index is 12.0. The molecule has 1 aromatic heterocycles. The van der Waals surface area contributed by atoms with E-state index in [0.717, 1.165) is 11.8 Å². The molecule has 1 aliphatic heterocycles. The predicted octanol–water partition coefficient (Wildman–Crippen LogP) is 0.437. The number of benzene rings is 1. The number of hydrogen-bond acceptors (Lipinski definition) is 6. The fourth-order valence-electron chi connectivity index (χ4n) is 2.67. The molecule has 2 heterocycles. The molecule has 8 heteroatoms. The lowest BCUT2D eigenvalue weighted by Crippen LogP contribution is -2.35. The van der Waals surface area contributed by atoms with Gasteiger partial charge in [0, 0.05) is 37.0 Å². The number of aromatic amines is 1. The van der Waals surface area contributed by atoms with Crippen molar-refractivity contribution in [3.05, 3.63) is 51.4 Å². The number of aromatic hydroxyl groups is 1. The first-order valence-corrected chi connectivity index (χ1v) is 9.05. The molecule has 1 aromatic carbocycles. The normalized spacial score (nSPS) is 15.3. The van der Waals surface area contributed by atoms with Crippen LogP contribution < -0.4 is 5.56 Å². The minimum atomic E-state index is -3.57. The van der Waals surface area contributed by atoms with Gasteiger partial charge in [0.25, 0.3) is 5.56 Å². The van der Waals surface area contributed by atoms with E-state index in [1.165, 1.54) is 0 Å². The SMILES string of the molecule is CS(=O)(=O)c1nc2c(c(=O)[nH]1)CCN(Cc1ccccc1O)C2. The smallest absolute Gasteiger partial charge is 0.255 e. The molecule has 0 saturated heterocycles. The Labute approximate surface area is 133 Å². The van der Waals surface area contributed by atoms with Crippen LogP contribution in [-0.4, -0.2) is 41.2 Å². The molecule has 3 rings (SSSR count). The molecule has 7 nitrogen and oxygen atoms in total. The molecule has 2 N–H and O–H groups in total. The molecule has 1 aliphatic rings. The molecular formula is C15H17N3O4S. The molecule has 0 fully saturated rings. The molecule has 0 radical (unpaired) electrons. The summed E-state index contributed by atoms with van der Waals surface area (Å²) in [7, 11) is -3.57. The van der Waals surface area contributed by atoms with Crippen molar-refractivity contribution in [2.75, 3.05) is 12.8 Å². The summed E-state index contributed by atoms with van der Waals surface area (Å²) in [4.78, 5) is 20.5. The van der Waals surface area contributed by atoms with E-state index in [1.54, 1.807) is 12.1 Å². The molecule has 0 spiro atoms. The second-order valence-corrected chi connectivity index (χ2v) is 7.59. The van der Waals surface area contributed by atoms with Crippen molar-refractivity contribution in [1.82, 2.24) is 14.9 Å². The molecular weight excluding hydrogens is 318 g/mol. The van der Waals surface area contributed by atoms with Gasteiger partial charge in [-0.3, -0.25) is 14.7 Å². The molecule has 0 unspecified atom stereocenters. The highest BCUT2D eigenvalue weighted by Gasteiger charge is 2.23. The van der Waals surface area contributed by atoms with Crippen LogP contribution in [0.4, 0.5) is 0 Å². The Morgan fingerprint density at radius 3 is 2.78 bits per heavy atom. The number of H-pyrrole nitrogens is 1. The Kier molecular flexibility index (Phi) is 3.95. The fourth-order valence-corrected chi connectivity index (χ4v) is 3.22. The van der Waals surface area contributed by atoms with Crippen LogP contribution in [0.15, 0.2) is 34.2 Å². The number of phenolic OH excluding ortho intramolecular Hbond substituents is 1. The van der Waals surface area contributed by atoms with Gasteiger partial charge in [-0.2, -0.15) is 0 Å². The summed E-state index contributed by atoms with van der Waals surface area (Å²) < 4.78 is 23.2. The highest BCUT2D eigenvalue weighted by molar-refractivity contribution is 7.90. The van der Waals surface area contributed by atoms with Crippen molar-refractivity contribution in [3.63, 3.8) is 0 Å². The quantitative estimate of drug-likeness (QED) is 0.789. The average molecular weight is 335 g/mol. The number of hydrogen-bond donors (Lipinski definition) is 2. The number of para-hydroxylation sites is 1. The second kappa shape index (κ2) is 5.78. The zero-order valence-corrected chi connectivity index (χ0v) is 13.4. The molecule has 23 heavy (non-hydrogen) atoms. The average Bonchev–Trinajstić information content (AvgIpc) is 2.48. The van der Waals surface area contributed by atoms with Gasteiger partial charge in [0.1, 0.15) is 5.75 Å². The molecule has 0 atom stereocenters. The van der Waals surface area contributed by atoms with Crippen LogP contribution in [0.3, 0.4) is 0 Å². The van der Waals surface area contributed by atoms with Crippen LogP contribution in [0.2, 0.25) is 0 Å². The molecule has 0 aliphatic carbocycles. The first kappa shape index (κ1) is 15.7. The van der Waals surface area contributed by atoms with Gasteiger partial charge in [-0.15, -0.1) is 0 Å². The number of aromatic nitrogens is 2. The van der Waals surface area contributed by atoms with E-state index < -0.39 is 15.4 Å². The Balaban J connectivity index is 1.90. The first-order chi connectivity index (χ1) is 10.8. The Morgan fingerprint density at radius 1 is 1.35 bits per heavy atom. The van der Waals surface area contributed by atoms with Gasteiger partial charge in [-0.25, -0.2) is 13.4 Å². The van der Waals surface area contributed by atoms with E-state index >= 15 is 0 Å². The van der Waals surface area contributed by atoms with E-state index in [4.69, 9.17) is 0 Å². The third-order valence-electron chi connectivity index (χ3n) is 3.87. The van der Waals surface area contributed by atoms with Gasteiger partial charge in [0.2, 0.25) is 15.0 Å². The number of sulfone groups is 1. The summed E-state index contributed by atoms with van der Waals surface area (Å²) in [5.74, 6) is 0.217. The maximum Gasteiger partial charge on any atom is 0.255 e. The summed E-state index contributed by atoms with van der Waals surface area (Å²) in [6.07, 6.45) is 1.51. The Bertz CT molecular complexity index is 905. The van der Waals surface area contributed by atoms with Crippen LogP contribution in [0, 0.1) is 0 Å². The van der Waals surface area contributed by atoms with E-state index in [0.29, 0.717) is 37.3 Å². The van der Waals surface area contributed by atoms with E-state index in [1.807, 2.05) is 17.0 Å². The van der Waals surface area contributed by atoms with Gasteiger partial charge >= 0.3 is 0 Å². The van der Waals surface area contributed by atoms with Gasteiger partial charge in [0.15, 0.2) is 0 Å². The van der Waals surface area contributed by atoms with Crippen molar-refractivity contribution in [3.8, 4) is 5.75 Å². The Morgan fingerprint density at radius 2 is 2.09 bits per heavy atom. The summed E-state index contributed by atoms with van der Waals surface area (Å²) in [6, 6.07) is 7.05. The van der Waals surface area contributed by atoms with Crippen molar-refractivity contribution < 1.29 is 13.5 Å². The predicted molar refractivity (Wildman–Crippen MR) is 83.9 cm³/mol. The minimum absolute atomic E-state index is 0.217. The lowest BCUT2D eigenvalue weighted by atomic mass is 10.1. The van der Waals surface area contributed by atoms with E-state index in [9.17, 15) is 18.3 Å². The van der Waals surface area contributed by atoms with Gasteiger partial charge < -0.3 is 5.11 Å². The second-order valence-electron chi connectivity index (χ2n) is 5.66. The van der Waals surface area contributed by atoms with Crippen molar-refractivity contribution in [2.24, 2.45) is 0 Å². The van der Waals surface area contributed by atoms with Crippen molar-refractivity contribution >= 4 is 9.84 Å². The molecule has 2 aromatic rings. The van der Waals surface area contributed by atoms with Crippen LogP contribution in [0.5, 0.6) is 5.75 Å². The highest BCUT2D eigenvalue weighted by Crippen LogP contribution is 2.21. The molecule has 0 saturated carbocycles. The molecule has 0 bridgehead atoms. The minimum Gasteiger partial charge on any atom is -0.508 e. The van der Waals surface area contributed by atoms with Crippen molar-refractivity contribution in [2.45, 2.75) is 24.7 Å². The maximum atomic E-state index is 12.0. The number of fused-ring (bicyclic) bond motifs is 1. The number of rotatable bonds is 3. The lowest BCUT2D eigenvalue weighted by Gasteiger charge is -2.27. The third kappa shape index (κ3) is 3.27. The topological polar surface area (TPSA) is 103 Å². The van der Waals surface area contributed by atoms with Gasteiger partial charge in [0.05, 0.1) is 5.69 Å². The van der Waals surface area contributed by atoms with Crippen molar-refractivity contribution in [1.29, 1.82) is 0 Å². The summed E-state index contributed by atoms with van der Waals surface area (Å²) in [6.45, 7) is 1.52. The first-order valence-electron chi connectivity index (χ1n) is 7.16. The summed E-state index contributed by atoms with van der Waals surface area (Å²) >= 11 is 0. The number of phenols is 1. The van der Waals surface area contributed by atoms with E-state index in [2.05, 4.69) is 9.97 Å². The Hall–Kier alpha value is -2.19. The zero-order valence-electron chi connectivity index (χ0n) is 12.6. The van der Waals surface area contributed by atoms with Gasteiger partial charge in [-0.1, -0.05) is 18.2 Å². The largest absolute Gasteiger partial charge is 0.508 e. The summed E-state index contributed by atoms with van der Waals surface area (Å²) in [5.41, 5.74) is 1.41. The fraction of sp³-hybridized carbons (Fsp3) is 0.333. The number of nitrogens with one attached hydrogen (secondary N) is 1. The van der Waals surface area contributed by atoms with E-state index in [-0.39, 0.29) is 10.9 Å². The number of nitrogens with zero attached hydrogens (tertiary/aromatic N) is 2. The third-order valence-corrected chi connectivity index (χ3v) is 4.76. The monoisotopic (exact) mass is 335 g/mol. The van der Waals surface area contributed by atoms with Crippen LogP contribution >= 0.6 is 0 Å². The zero-order chi connectivity index (χ0) is 16.6. The van der Waals surface area contributed by atoms with Crippen LogP contribution in [0.1, 0.15) is 16.8 Å². The highest BCUT2D eigenvalue weighted by atomic mass is 32.2. The van der Waals surface area contributed by atoms with Crippen LogP contribution in [-0.2, 0) is 29.3 Å². The molecule has 122 valence electrons. The van der Waals surface area contributed by atoms with Crippen LogP contribution in [0.25, 0.3) is 0 Å². The standard InChI is InChI=1S/C15H17N3O4S/c1-23(21,22)15-16-12-9-18(7-6-11(12)14(20)17-15)8-10-4-2-3-5-13(10)19/h2-5,19H,6-9H2,1H3,(H,16,17,20).